The molecular formula is C18H24ClN7O. The molecule has 8 nitrogen and oxygen atoms in total. The first-order valence-electron chi connectivity index (χ1n) is 8.61. The maximum Gasteiger partial charge on any atom is 0.227 e. The van der Waals surface area contributed by atoms with Crippen LogP contribution in [0, 0.1) is 0 Å². The molecule has 0 bridgehead atoms. The van der Waals surface area contributed by atoms with Crippen molar-refractivity contribution in [2.75, 3.05) is 16.4 Å². The van der Waals surface area contributed by atoms with Crippen molar-refractivity contribution in [1.82, 2.24) is 19.5 Å². The topological polar surface area (TPSA) is 114 Å². The summed E-state index contributed by atoms with van der Waals surface area (Å²) in [6, 6.07) is 5.26. The van der Waals surface area contributed by atoms with Gasteiger partial charge in [-0.15, -0.1) is 0 Å². The highest BCUT2D eigenvalue weighted by Crippen LogP contribution is 2.25. The van der Waals surface area contributed by atoms with Gasteiger partial charge in [-0.3, -0.25) is 0 Å². The summed E-state index contributed by atoms with van der Waals surface area (Å²) in [5, 5.41) is 17.1. The van der Waals surface area contributed by atoms with E-state index >= 15 is 0 Å². The highest BCUT2D eigenvalue weighted by molar-refractivity contribution is 6.33. The lowest BCUT2D eigenvalue weighted by Gasteiger charge is -2.26. The van der Waals surface area contributed by atoms with E-state index in [0.29, 0.717) is 40.2 Å². The molecule has 0 aliphatic rings. The largest absolute Gasteiger partial charge is 0.397 e. The van der Waals surface area contributed by atoms with E-state index in [0.717, 1.165) is 5.56 Å². The molecule has 0 spiro atoms. The van der Waals surface area contributed by atoms with Gasteiger partial charge in [0.1, 0.15) is 0 Å². The van der Waals surface area contributed by atoms with Crippen LogP contribution in [0.2, 0.25) is 5.02 Å². The van der Waals surface area contributed by atoms with Crippen molar-refractivity contribution in [3.63, 3.8) is 0 Å². The number of nitrogen functional groups attached to an aromatic ring is 1. The number of nitrogens with two attached hydrogens (primary N) is 1. The standard InChI is InChI=1S/C18H24ClN7O/c1-10(18(2,3)27)23-17-24-15(14-16(25-17)26(4)9-22-14)21-8-11-6-5-7-12(19)13(11)20/h5-7,9-10,27H,8,20H2,1-4H3,(H2,21,23,24,25). The number of imidazole rings is 1. The number of fused-ring (bicyclic) bond motifs is 1. The van der Waals surface area contributed by atoms with Gasteiger partial charge in [0.25, 0.3) is 0 Å². The van der Waals surface area contributed by atoms with Crippen LogP contribution < -0.4 is 16.4 Å². The Morgan fingerprint density at radius 1 is 1.33 bits per heavy atom. The summed E-state index contributed by atoms with van der Waals surface area (Å²) in [6.07, 6.45) is 1.68. The fraction of sp³-hybridized carbons (Fsp3) is 0.389. The zero-order chi connectivity index (χ0) is 19.8. The number of halogens is 1. The smallest absolute Gasteiger partial charge is 0.227 e. The summed E-state index contributed by atoms with van der Waals surface area (Å²) < 4.78 is 1.82. The second-order valence-electron chi connectivity index (χ2n) is 7.11. The van der Waals surface area contributed by atoms with Crippen molar-refractivity contribution >= 4 is 40.2 Å². The van der Waals surface area contributed by atoms with Gasteiger partial charge in [-0.05, 0) is 32.4 Å². The Labute approximate surface area is 162 Å². The zero-order valence-electron chi connectivity index (χ0n) is 15.8. The lowest BCUT2D eigenvalue weighted by atomic mass is 10.0. The summed E-state index contributed by atoms with van der Waals surface area (Å²) in [4.78, 5) is 13.4. The zero-order valence-corrected chi connectivity index (χ0v) is 16.5. The molecule has 2 aromatic heterocycles. The summed E-state index contributed by atoms with van der Waals surface area (Å²) >= 11 is 6.09. The van der Waals surface area contributed by atoms with E-state index in [1.165, 1.54) is 0 Å². The first kappa shape index (κ1) is 19.2. The fourth-order valence-corrected chi connectivity index (χ4v) is 2.67. The van der Waals surface area contributed by atoms with E-state index in [9.17, 15) is 5.11 Å². The summed E-state index contributed by atoms with van der Waals surface area (Å²) in [6.45, 7) is 5.77. The van der Waals surface area contributed by atoms with Crippen LogP contribution in [0.15, 0.2) is 24.5 Å². The van der Waals surface area contributed by atoms with Gasteiger partial charge in [-0.1, -0.05) is 23.7 Å². The molecule has 0 aliphatic heterocycles. The Morgan fingerprint density at radius 3 is 2.78 bits per heavy atom. The van der Waals surface area contributed by atoms with Crippen LogP contribution in [0.1, 0.15) is 26.3 Å². The van der Waals surface area contributed by atoms with Gasteiger partial charge in [0.2, 0.25) is 5.95 Å². The molecule has 0 amide bonds. The highest BCUT2D eigenvalue weighted by atomic mass is 35.5. The third kappa shape index (κ3) is 4.06. The molecule has 9 heteroatoms. The van der Waals surface area contributed by atoms with Gasteiger partial charge in [0.05, 0.1) is 28.7 Å². The summed E-state index contributed by atoms with van der Waals surface area (Å²) in [5.41, 5.74) is 7.85. The molecule has 2 heterocycles. The normalized spacial score (nSPS) is 13.0. The van der Waals surface area contributed by atoms with Gasteiger partial charge < -0.3 is 26.0 Å². The molecule has 3 aromatic rings. The second-order valence-corrected chi connectivity index (χ2v) is 7.52. The molecule has 3 rings (SSSR count). The van der Waals surface area contributed by atoms with Crippen molar-refractivity contribution in [3.05, 3.63) is 35.1 Å². The molecule has 0 saturated heterocycles. The Morgan fingerprint density at radius 2 is 2.07 bits per heavy atom. The van der Waals surface area contributed by atoms with Crippen LogP contribution in [0.3, 0.4) is 0 Å². The van der Waals surface area contributed by atoms with Crippen molar-refractivity contribution in [2.24, 2.45) is 7.05 Å². The first-order valence-corrected chi connectivity index (χ1v) is 8.99. The van der Waals surface area contributed by atoms with Gasteiger partial charge in [-0.25, -0.2) is 4.98 Å². The van der Waals surface area contributed by atoms with Crippen LogP contribution in [0.4, 0.5) is 17.5 Å². The maximum absolute atomic E-state index is 10.2. The molecule has 5 N–H and O–H groups in total. The number of anilines is 3. The van der Waals surface area contributed by atoms with Crippen LogP contribution in [-0.2, 0) is 13.6 Å². The second kappa shape index (κ2) is 7.21. The maximum atomic E-state index is 10.2. The van der Waals surface area contributed by atoms with Gasteiger partial charge in [0, 0.05) is 13.6 Å². The third-order valence-corrected chi connectivity index (χ3v) is 4.88. The van der Waals surface area contributed by atoms with Crippen molar-refractivity contribution in [3.8, 4) is 0 Å². The monoisotopic (exact) mass is 389 g/mol. The molecule has 27 heavy (non-hydrogen) atoms. The van der Waals surface area contributed by atoms with E-state index in [4.69, 9.17) is 17.3 Å². The summed E-state index contributed by atoms with van der Waals surface area (Å²) in [7, 11) is 1.87. The number of para-hydroxylation sites is 1. The highest BCUT2D eigenvalue weighted by Gasteiger charge is 2.23. The van der Waals surface area contributed by atoms with Crippen molar-refractivity contribution in [2.45, 2.75) is 39.0 Å². The lowest BCUT2D eigenvalue weighted by Crippen LogP contribution is -2.39. The SMILES string of the molecule is CC(Nc1nc(NCc2cccc(Cl)c2N)c2ncn(C)c2n1)C(C)(C)O. The molecule has 0 aliphatic carbocycles. The number of aromatic nitrogens is 4. The number of aryl methyl sites for hydroxylation is 1. The molecule has 0 saturated carbocycles. The van der Waals surface area contributed by atoms with E-state index in [2.05, 4.69) is 25.6 Å². The van der Waals surface area contributed by atoms with Crippen molar-refractivity contribution < 1.29 is 5.11 Å². The van der Waals surface area contributed by atoms with Gasteiger partial charge >= 0.3 is 0 Å². The molecule has 1 unspecified atom stereocenters. The predicted molar refractivity (Wildman–Crippen MR) is 109 cm³/mol. The molecule has 1 aromatic carbocycles. The van der Waals surface area contributed by atoms with E-state index in [1.54, 1.807) is 26.2 Å². The Bertz CT molecular complexity index is 964. The number of rotatable bonds is 6. The average molecular weight is 390 g/mol. The number of hydrogen-bond acceptors (Lipinski definition) is 7. The lowest BCUT2D eigenvalue weighted by molar-refractivity contribution is 0.0646. The number of hydrogen-bond donors (Lipinski definition) is 4. The van der Waals surface area contributed by atoms with E-state index < -0.39 is 5.60 Å². The minimum Gasteiger partial charge on any atom is -0.397 e. The molecule has 144 valence electrons. The third-order valence-electron chi connectivity index (χ3n) is 4.55. The van der Waals surface area contributed by atoms with Gasteiger partial charge in [-0.2, -0.15) is 9.97 Å². The predicted octanol–water partition coefficient (Wildman–Crippen LogP) is 2.78. The van der Waals surface area contributed by atoms with E-state index in [1.807, 2.05) is 30.7 Å². The average Bonchev–Trinajstić information content (AvgIpc) is 2.96. The minimum absolute atomic E-state index is 0.250. The Kier molecular flexibility index (Phi) is 5.12. The van der Waals surface area contributed by atoms with E-state index in [-0.39, 0.29) is 6.04 Å². The van der Waals surface area contributed by atoms with Crippen molar-refractivity contribution in [1.29, 1.82) is 0 Å². The minimum atomic E-state index is -0.923. The van der Waals surface area contributed by atoms with Crippen LogP contribution >= 0.6 is 11.6 Å². The molecular weight excluding hydrogens is 366 g/mol. The number of nitrogens with zero attached hydrogens (tertiary/aromatic N) is 4. The number of aliphatic hydroxyl groups is 1. The first-order chi connectivity index (χ1) is 12.7. The Balaban J connectivity index is 1.92. The molecule has 1 atom stereocenters. The van der Waals surface area contributed by atoms with Crippen LogP contribution in [0.25, 0.3) is 11.2 Å². The summed E-state index contributed by atoms with van der Waals surface area (Å²) in [5.74, 6) is 0.979. The molecule has 0 fully saturated rings. The van der Waals surface area contributed by atoms with Crippen LogP contribution in [-0.4, -0.2) is 36.3 Å². The Hall–Kier alpha value is -2.58. The van der Waals surface area contributed by atoms with Gasteiger partial charge in [0.15, 0.2) is 17.0 Å². The fourth-order valence-electron chi connectivity index (χ4n) is 2.48. The quantitative estimate of drug-likeness (QED) is 0.479. The molecule has 0 radical (unpaired) electrons. The number of nitrogens with one attached hydrogen (secondary N) is 2. The number of benzene rings is 1. The van der Waals surface area contributed by atoms with Crippen LogP contribution in [0.5, 0.6) is 0 Å².